The van der Waals surface area contributed by atoms with E-state index in [4.69, 9.17) is 16.3 Å². The van der Waals surface area contributed by atoms with Crippen LogP contribution < -0.4 is 5.32 Å². The molecule has 5 rings (SSSR count). The molecular formula is C21H26ClNO3. The van der Waals surface area contributed by atoms with Gasteiger partial charge in [-0.3, -0.25) is 9.59 Å². The van der Waals surface area contributed by atoms with Gasteiger partial charge < -0.3 is 10.1 Å². The van der Waals surface area contributed by atoms with E-state index < -0.39 is 5.41 Å². The van der Waals surface area contributed by atoms with Crippen LogP contribution in [0.3, 0.4) is 0 Å². The predicted molar refractivity (Wildman–Crippen MR) is 101 cm³/mol. The van der Waals surface area contributed by atoms with Gasteiger partial charge in [-0.2, -0.15) is 0 Å². The van der Waals surface area contributed by atoms with Crippen LogP contribution in [-0.4, -0.2) is 23.4 Å². The first-order chi connectivity index (χ1) is 12.4. The molecule has 4 bridgehead atoms. The molecule has 1 N–H and O–H groups in total. The Bertz CT molecular complexity index is 700. The molecule has 1 amide bonds. The number of hydrogen-bond donors (Lipinski definition) is 1. The molecule has 5 heteroatoms. The van der Waals surface area contributed by atoms with Crippen molar-refractivity contribution in [1.29, 1.82) is 0 Å². The first kappa shape index (κ1) is 17.8. The highest BCUT2D eigenvalue weighted by Gasteiger charge is 2.60. The molecule has 4 saturated carbocycles. The van der Waals surface area contributed by atoms with Crippen molar-refractivity contribution in [1.82, 2.24) is 0 Å². The molecule has 140 valence electrons. The first-order valence-corrected chi connectivity index (χ1v) is 10.0. The van der Waals surface area contributed by atoms with Crippen LogP contribution in [0.25, 0.3) is 0 Å². The standard InChI is InChI=1S/C21H26ClNO3/c1-2-14-3-5-17(6-4-14)23-18(24)12-26-19(25)20-8-15-7-16(9-20)11-21(22,10-15)13-20/h3-6,15-16H,2,7-13H2,1H3,(H,23,24)/t15-,16+,20?,21?. The van der Waals surface area contributed by atoms with Gasteiger partial charge in [-0.25, -0.2) is 0 Å². The van der Waals surface area contributed by atoms with Crippen molar-refractivity contribution in [3.63, 3.8) is 0 Å². The lowest BCUT2D eigenvalue weighted by atomic mass is 9.49. The zero-order valence-corrected chi connectivity index (χ0v) is 16.0. The van der Waals surface area contributed by atoms with Crippen molar-refractivity contribution in [2.75, 3.05) is 11.9 Å². The molecule has 1 aromatic carbocycles. The average Bonchev–Trinajstić information content (AvgIpc) is 2.58. The summed E-state index contributed by atoms with van der Waals surface area (Å²) in [5.41, 5.74) is 1.47. The Hall–Kier alpha value is -1.55. The lowest BCUT2D eigenvalue weighted by Crippen LogP contribution is -2.56. The highest BCUT2D eigenvalue weighted by Crippen LogP contribution is 2.64. The second-order valence-corrected chi connectivity index (χ2v) is 9.37. The summed E-state index contributed by atoms with van der Waals surface area (Å²) in [6.45, 7) is 1.85. The Balaban J connectivity index is 1.34. The lowest BCUT2D eigenvalue weighted by molar-refractivity contribution is -0.171. The summed E-state index contributed by atoms with van der Waals surface area (Å²) in [5, 5.41) is 2.79. The van der Waals surface area contributed by atoms with Gasteiger partial charge in [0.1, 0.15) is 0 Å². The number of alkyl halides is 1. The van der Waals surface area contributed by atoms with Crippen LogP contribution in [0.1, 0.15) is 51.0 Å². The second-order valence-electron chi connectivity index (χ2n) is 8.57. The predicted octanol–water partition coefficient (Wildman–Crippen LogP) is 4.31. The van der Waals surface area contributed by atoms with Gasteiger partial charge in [0, 0.05) is 10.6 Å². The van der Waals surface area contributed by atoms with Gasteiger partial charge in [0.05, 0.1) is 5.41 Å². The molecule has 0 heterocycles. The SMILES string of the molecule is CCc1ccc(NC(=O)COC(=O)C23C[C@@H]4C[C@@H](CC(Cl)(C4)C2)C3)cc1. The van der Waals surface area contributed by atoms with Crippen LogP contribution in [0.5, 0.6) is 0 Å². The number of halogens is 1. The van der Waals surface area contributed by atoms with Gasteiger partial charge in [-0.05, 0) is 74.5 Å². The number of anilines is 1. The summed E-state index contributed by atoms with van der Waals surface area (Å²) >= 11 is 6.77. The number of carbonyl (C=O) groups excluding carboxylic acids is 2. The number of rotatable bonds is 5. The van der Waals surface area contributed by atoms with Crippen molar-refractivity contribution in [3.8, 4) is 0 Å². The van der Waals surface area contributed by atoms with Gasteiger partial charge in [0.15, 0.2) is 6.61 Å². The van der Waals surface area contributed by atoms with Crippen LogP contribution >= 0.6 is 11.6 Å². The molecule has 2 unspecified atom stereocenters. The highest BCUT2D eigenvalue weighted by molar-refractivity contribution is 6.24. The fourth-order valence-corrected chi connectivity index (χ4v) is 6.39. The zero-order valence-electron chi connectivity index (χ0n) is 15.2. The number of aryl methyl sites for hydroxylation is 1. The molecule has 4 nitrogen and oxygen atoms in total. The average molecular weight is 376 g/mol. The van der Waals surface area contributed by atoms with Crippen molar-refractivity contribution < 1.29 is 14.3 Å². The molecule has 0 spiro atoms. The summed E-state index contributed by atoms with van der Waals surface area (Å²) in [6.07, 6.45) is 6.64. The van der Waals surface area contributed by atoms with E-state index in [-0.39, 0.29) is 23.4 Å². The summed E-state index contributed by atoms with van der Waals surface area (Å²) in [5.74, 6) is 0.542. The van der Waals surface area contributed by atoms with Gasteiger partial charge in [-0.15, -0.1) is 11.6 Å². The minimum Gasteiger partial charge on any atom is -0.455 e. The van der Waals surface area contributed by atoms with E-state index in [1.165, 1.54) is 12.0 Å². The van der Waals surface area contributed by atoms with Crippen LogP contribution in [0, 0.1) is 17.3 Å². The normalized spacial score (nSPS) is 34.5. The Morgan fingerprint density at radius 2 is 1.81 bits per heavy atom. The maximum atomic E-state index is 12.8. The Kier molecular flexibility index (Phi) is 4.50. The maximum absolute atomic E-state index is 12.8. The number of benzene rings is 1. The van der Waals surface area contributed by atoms with Gasteiger partial charge >= 0.3 is 5.97 Å². The van der Waals surface area contributed by atoms with Crippen molar-refractivity contribution >= 4 is 29.2 Å². The fraction of sp³-hybridized carbons (Fsp3) is 0.619. The second kappa shape index (κ2) is 6.56. The third-order valence-corrected chi connectivity index (χ3v) is 6.85. The van der Waals surface area contributed by atoms with E-state index in [0.29, 0.717) is 18.3 Å². The van der Waals surface area contributed by atoms with E-state index in [0.717, 1.165) is 37.8 Å². The van der Waals surface area contributed by atoms with Crippen LogP contribution in [0.15, 0.2) is 24.3 Å². The molecule has 0 saturated heterocycles. The molecule has 0 aromatic heterocycles. The zero-order chi connectivity index (χ0) is 18.4. The number of nitrogens with one attached hydrogen (secondary N) is 1. The molecule has 4 aliphatic carbocycles. The van der Waals surface area contributed by atoms with Gasteiger partial charge in [0.25, 0.3) is 5.91 Å². The summed E-state index contributed by atoms with van der Waals surface area (Å²) in [7, 11) is 0. The quantitative estimate of drug-likeness (QED) is 0.616. The number of hydrogen-bond acceptors (Lipinski definition) is 3. The van der Waals surface area contributed by atoms with Gasteiger partial charge in [0.2, 0.25) is 0 Å². The van der Waals surface area contributed by atoms with Gasteiger partial charge in [-0.1, -0.05) is 19.1 Å². The third-order valence-electron chi connectivity index (χ3n) is 6.40. The Morgan fingerprint density at radius 3 is 2.38 bits per heavy atom. The van der Waals surface area contributed by atoms with Crippen LogP contribution in [0.2, 0.25) is 0 Å². The molecule has 4 fully saturated rings. The Morgan fingerprint density at radius 1 is 1.15 bits per heavy atom. The largest absolute Gasteiger partial charge is 0.455 e. The molecule has 4 aliphatic rings. The van der Waals surface area contributed by atoms with Crippen molar-refractivity contribution in [2.45, 2.75) is 56.7 Å². The van der Waals surface area contributed by atoms with E-state index in [1.807, 2.05) is 24.3 Å². The molecular weight excluding hydrogens is 350 g/mol. The summed E-state index contributed by atoms with van der Waals surface area (Å²) < 4.78 is 5.44. The van der Waals surface area contributed by atoms with E-state index in [2.05, 4.69) is 12.2 Å². The minimum absolute atomic E-state index is 0.229. The monoisotopic (exact) mass is 375 g/mol. The maximum Gasteiger partial charge on any atom is 0.312 e. The summed E-state index contributed by atoms with van der Waals surface area (Å²) in [6, 6.07) is 7.71. The first-order valence-electron chi connectivity index (χ1n) is 9.65. The fourth-order valence-electron chi connectivity index (χ4n) is 5.69. The highest BCUT2D eigenvalue weighted by atomic mass is 35.5. The smallest absolute Gasteiger partial charge is 0.312 e. The van der Waals surface area contributed by atoms with Crippen LogP contribution in [-0.2, 0) is 20.7 Å². The van der Waals surface area contributed by atoms with E-state index in [1.54, 1.807) is 0 Å². The number of esters is 1. The van der Waals surface area contributed by atoms with E-state index in [9.17, 15) is 9.59 Å². The van der Waals surface area contributed by atoms with E-state index >= 15 is 0 Å². The third kappa shape index (κ3) is 3.36. The minimum atomic E-state index is -0.463. The molecule has 0 radical (unpaired) electrons. The number of carbonyl (C=O) groups is 2. The van der Waals surface area contributed by atoms with Crippen molar-refractivity contribution in [2.24, 2.45) is 17.3 Å². The molecule has 26 heavy (non-hydrogen) atoms. The van der Waals surface area contributed by atoms with Crippen molar-refractivity contribution in [3.05, 3.63) is 29.8 Å². The molecule has 0 aliphatic heterocycles. The topological polar surface area (TPSA) is 55.4 Å². The molecule has 4 atom stereocenters. The Labute approximate surface area is 159 Å². The number of amides is 1. The number of ether oxygens (including phenoxy) is 1. The lowest BCUT2D eigenvalue weighted by Gasteiger charge is -2.58. The summed E-state index contributed by atoms with van der Waals surface area (Å²) in [4.78, 5) is 24.7. The van der Waals surface area contributed by atoms with Crippen LogP contribution in [0.4, 0.5) is 5.69 Å². The molecule has 1 aromatic rings.